The molecule has 1 N–H and O–H groups in total. The third kappa shape index (κ3) is 3.99. The van der Waals surface area contributed by atoms with Crippen molar-refractivity contribution in [3.63, 3.8) is 0 Å². The van der Waals surface area contributed by atoms with Crippen molar-refractivity contribution in [1.82, 2.24) is 0 Å². The SMILES string of the molecule is C=CCc1ccc(C)c(-c2c(CC=C)cccc2C[C@H]2CC(C)(C)[C@]3(C)CC[C@]4(C)C[C@]23CC[C@H]4O)c1. The Kier molecular flexibility index (Phi) is 6.63. The van der Waals surface area contributed by atoms with Gasteiger partial charge in [-0.15, -0.1) is 13.2 Å². The number of aryl methyl sites for hydroxylation is 1. The molecule has 2 aromatic rings. The first kappa shape index (κ1) is 26.5. The van der Waals surface area contributed by atoms with Crippen LogP contribution in [0.1, 0.15) is 88.5 Å². The van der Waals surface area contributed by atoms with Gasteiger partial charge in [0, 0.05) is 0 Å². The molecule has 3 aliphatic carbocycles. The minimum Gasteiger partial charge on any atom is -0.393 e. The van der Waals surface area contributed by atoms with Crippen LogP contribution in [0.2, 0.25) is 0 Å². The molecule has 2 aromatic carbocycles. The van der Waals surface area contributed by atoms with Crippen LogP contribution in [0.25, 0.3) is 11.1 Å². The Bertz CT molecular complexity index is 1200. The number of fused-ring (bicyclic) bond motifs is 1. The van der Waals surface area contributed by atoms with Crippen LogP contribution in [-0.4, -0.2) is 11.2 Å². The van der Waals surface area contributed by atoms with Crippen molar-refractivity contribution < 1.29 is 5.11 Å². The van der Waals surface area contributed by atoms with Crippen molar-refractivity contribution >= 4 is 0 Å². The van der Waals surface area contributed by atoms with Gasteiger partial charge in [-0.25, -0.2) is 0 Å². The van der Waals surface area contributed by atoms with Crippen LogP contribution in [0.3, 0.4) is 0 Å². The van der Waals surface area contributed by atoms with Gasteiger partial charge in [0.2, 0.25) is 0 Å². The van der Waals surface area contributed by atoms with Gasteiger partial charge in [-0.2, -0.15) is 0 Å². The van der Waals surface area contributed by atoms with E-state index >= 15 is 0 Å². The first-order valence-corrected chi connectivity index (χ1v) is 14.6. The highest BCUT2D eigenvalue weighted by Crippen LogP contribution is 2.77. The van der Waals surface area contributed by atoms with Crippen molar-refractivity contribution in [1.29, 1.82) is 0 Å². The summed E-state index contributed by atoms with van der Waals surface area (Å²) in [7, 11) is 0. The quantitative estimate of drug-likeness (QED) is 0.379. The Morgan fingerprint density at radius 2 is 1.68 bits per heavy atom. The lowest BCUT2D eigenvalue weighted by molar-refractivity contribution is -0.170. The van der Waals surface area contributed by atoms with Gasteiger partial charge in [-0.05, 0) is 126 Å². The first-order valence-electron chi connectivity index (χ1n) is 14.6. The standard InChI is InChI=1S/C36H48O/c1-8-11-26-16-15-25(3)30(21-26)32-27(12-9-2)13-10-14-28(32)22-29-23-33(4,5)35(7)20-19-34(6)24-36(29,35)18-17-31(34)37/h8-10,13-16,21,29,31,37H,1-2,11-12,17-20,22-24H2,3-7H3/t29-,31+,34+,35-,36+/m0/s1. The summed E-state index contributed by atoms with van der Waals surface area (Å²) in [5, 5.41) is 11.1. The fourth-order valence-corrected chi connectivity index (χ4v) is 9.29. The normalized spacial score (nSPS) is 34.1. The molecule has 0 aliphatic heterocycles. The number of hydrogen-bond acceptors (Lipinski definition) is 1. The van der Waals surface area contributed by atoms with E-state index in [4.69, 9.17) is 0 Å². The van der Waals surface area contributed by atoms with E-state index in [1.54, 1.807) is 0 Å². The highest BCUT2D eigenvalue weighted by molar-refractivity contribution is 5.75. The molecular formula is C36H48O. The molecule has 0 unspecified atom stereocenters. The van der Waals surface area contributed by atoms with Gasteiger partial charge >= 0.3 is 0 Å². The van der Waals surface area contributed by atoms with Crippen LogP contribution < -0.4 is 0 Å². The molecule has 37 heavy (non-hydrogen) atoms. The zero-order chi connectivity index (χ0) is 26.6. The second-order valence-corrected chi connectivity index (χ2v) is 13.9. The second kappa shape index (κ2) is 9.26. The molecular weight excluding hydrogens is 448 g/mol. The van der Waals surface area contributed by atoms with Crippen molar-refractivity contribution in [2.75, 3.05) is 0 Å². The largest absolute Gasteiger partial charge is 0.393 e. The van der Waals surface area contributed by atoms with E-state index in [0.29, 0.717) is 22.2 Å². The fraction of sp³-hybridized carbons (Fsp3) is 0.556. The molecule has 3 saturated carbocycles. The molecule has 5 rings (SSSR count). The van der Waals surface area contributed by atoms with E-state index < -0.39 is 0 Å². The van der Waals surface area contributed by atoms with E-state index in [1.807, 2.05) is 6.08 Å². The number of allylic oxidation sites excluding steroid dienone is 2. The summed E-state index contributed by atoms with van der Waals surface area (Å²) in [6.07, 6.45) is 13.8. The zero-order valence-corrected chi connectivity index (χ0v) is 24.0. The summed E-state index contributed by atoms with van der Waals surface area (Å²) in [5.74, 6) is 0.633. The Morgan fingerprint density at radius 1 is 0.946 bits per heavy atom. The van der Waals surface area contributed by atoms with Crippen molar-refractivity contribution in [3.05, 3.63) is 84.0 Å². The Balaban J connectivity index is 1.63. The topological polar surface area (TPSA) is 20.2 Å². The van der Waals surface area contributed by atoms with Crippen molar-refractivity contribution in [2.24, 2.45) is 27.6 Å². The summed E-state index contributed by atoms with van der Waals surface area (Å²) in [6.45, 7) is 20.4. The molecule has 3 fully saturated rings. The lowest BCUT2D eigenvalue weighted by Crippen LogP contribution is -2.58. The van der Waals surface area contributed by atoms with Gasteiger partial charge < -0.3 is 5.11 Å². The first-order chi connectivity index (χ1) is 17.5. The molecule has 0 saturated heterocycles. The molecule has 0 aromatic heterocycles. The molecule has 1 heteroatoms. The van der Waals surface area contributed by atoms with Gasteiger partial charge in [0.1, 0.15) is 0 Å². The molecule has 198 valence electrons. The highest BCUT2D eigenvalue weighted by Gasteiger charge is 2.70. The summed E-state index contributed by atoms with van der Waals surface area (Å²) >= 11 is 0. The minimum absolute atomic E-state index is 0.0690. The van der Waals surface area contributed by atoms with Crippen LogP contribution in [-0.2, 0) is 19.3 Å². The third-order valence-electron chi connectivity index (χ3n) is 11.7. The van der Waals surface area contributed by atoms with Gasteiger partial charge in [0.25, 0.3) is 0 Å². The van der Waals surface area contributed by atoms with Crippen LogP contribution in [0.5, 0.6) is 0 Å². The highest BCUT2D eigenvalue weighted by atomic mass is 16.3. The number of aliphatic hydroxyl groups excluding tert-OH is 1. The van der Waals surface area contributed by atoms with Crippen LogP contribution >= 0.6 is 0 Å². The lowest BCUT2D eigenvalue weighted by Gasteiger charge is -2.63. The number of hydrogen-bond donors (Lipinski definition) is 1. The number of aliphatic hydroxyl groups is 1. The summed E-state index contributed by atoms with van der Waals surface area (Å²) in [5.41, 5.74) is 9.35. The van der Waals surface area contributed by atoms with Crippen LogP contribution in [0.4, 0.5) is 0 Å². The summed E-state index contributed by atoms with van der Waals surface area (Å²) < 4.78 is 0. The molecule has 5 atom stereocenters. The predicted molar refractivity (Wildman–Crippen MR) is 158 cm³/mol. The maximum absolute atomic E-state index is 11.1. The molecule has 3 aliphatic rings. The maximum atomic E-state index is 11.1. The predicted octanol–water partition coefficient (Wildman–Crippen LogP) is 9.05. The van der Waals surface area contributed by atoms with Crippen LogP contribution in [0, 0.1) is 34.5 Å². The Labute approximate surface area is 226 Å². The monoisotopic (exact) mass is 496 g/mol. The van der Waals surface area contributed by atoms with Gasteiger partial charge in [0.05, 0.1) is 6.10 Å². The molecule has 0 heterocycles. The van der Waals surface area contributed by atoms with E-state index in [0.717, 1.165) is 32.1 Å². The number of benzene rings is 2. The number of rotatable bonds is 7. The Hall–Kier alpha value is -2.12. The average molecular weight is 497 g/mol. The third-order valence-corrected chi connectivity index (χ3v) is 11.7. The molecule has 1 nitrogen and oxygen atoms in total. The Morgan fingerprint density at radius 3 is 2.41 bits per heavy atom. The second-order valence-electron chi connectivity index (χ2n) is 13.9. The zero-order valence-electron chi connectivity index (χ0n) is 24.0. The van der Waals surface area contributed by atoms with Gasteiger partial charge in [0.15, 0.2) is 0 Å². The van der Waals surface area contributed by atoms with Gasteiger partial charge in [-0.3, -0.25) is 0 Å². The van der Waals surface area contributed by atoms with E-state index in [-0.39, 0.29) is 11.5 Å². The molecule has 2 bridgehead atoms. The summed E-state index contributed by atoms with van der Waals surface area (Å²) in [6, 6.07) is 13.9. The molecule has 0 amide bonds. The average Bonchev–Trinajstić information content (AvgIpc) is 3.01. The molecule has 1 spiro atoms. The smallest absolute Gasteiger partial charge is 0.0594 e. The minimum atomic E-state index is -0.145. The van der Waals surface area contributed by atoms with E-state index in [1.165, 1.54) is 59.1 Å². The molecule has 0 radical (unpaired) electrons. The van der Waals surface area contributed by atoms with Crippen LogP contribution in [0.15, 0.2) is 61.7 Å². The maximum Gasteiger partial charge on any atom is 0.0594 e. The van der Waals surface area contributed by atoms with Gasteiger partial charge in [-0.1, -0.05) is 76.2 Å². The fourth-order valence-electron chi connectivity index (χ4n) is 9.29. The van der Waals surface area contributed by atoms with E-state index in [9.17, 15) is 5.11 Å². The van der Waals surface area contributed by atoms with Crippen molar-refractivity contribution in [3.8, 4) is 11.1 Å². The van der Waals surface area contributed by atoms with E-state index in [2.05, 4.69) is 90.3 Å². The van der Waals surface area contributed by atoms with Crippen molar-refractivity contribution in [2.45, 2.75) is 98.5 Å². The lowest BCUT2D eigenvalue weighted by atomic mass is 9.42. The summed E-state index contributed by atoms with van der Waals surface area (Å²) in [4.78, 5) is 0.